The van der Waals surface area contributed by atoms with Crippen molar-refractivity contribution >= 4 is 35.1 Å². The van der Waals surface area contributed by atoms with Gasteiger partial charge in [-0.05, 0) is 26.1 Å². The van der Waals surface area contributed by atoms with Crippen molar-refractivity contribution in [2.24, 2.45) is 0 Å². The fraction of sp³-hybridized carbons (Fsp3) is 0.357. The Morgan fingerprint density at radius 3 is 2.50 bits per heavy atom. The van der Waals surface area contributed by atoms with Crippen LogP contribution in [0.1, 0.15) is 6.92 Å². The maximum absolute atomic E-state index is 12.0. The summed E-state index contributed by atoms with van der Waals surface area (Å²) in [5.74, 6) is -0.803. The number of likely N-dealkylation sites (N-methyl/N-ethyl adjacent to an activating group) is 1. The number of anilines is 1. The van der Waals surface area contributed by atoms with Crippen molar-refractivity contribution in [1.82, 2.24) is 15.5 Å². The van der Waals surface area contributed by atoms with E-state index in [0.29, 0.717) is 10.7 Å². The molecule has 0 heterocycles. The largest absolute Gasteiger partial charge is 0.341 e. The second-order valence-electron chi connectivity index (χ2n) is 4.69. The first-order chi connectivity index (χ1) is 10.3. The zero-order chi connectivity index (χ0) is 16.7. The van der Waals surface area contributed by atoms with Crippen LogP contribution in [0.3, 0.4) is 0 Å². The van der Waals surface area contributed by atoms with Gasteiger partial charge >= 0.3 is 6.03 Å². The van der Waals surface area contributed by atoms with Crippen LogP contribution in [-0.2, 0) is 9.59 Å². The molecule has 7 nitrogen and oxygen atoms in total. The smallest absolute Gasteiger partial charge is 0.321 e. The molecular weight excluding hydrogens is 308 g/mol. The number of hydrogen-bond acceptors (Lipinski definition) is 4. The molecule has 1 aromatic rings. The summed E-state index contributed by atoms with van der Waals surface area (Å²) >= 11 is 5.95. The minimum absolute atomic E-state index is 0.0203. The quantitative estimate of drug-likeness (QED) is 0.754. The zero-order valence-corrected chi connectivity index (χ0v) is 13.4. The van der Waals surface area contributed by atoms with Crippen molar-refractivity contribution in [2.75, 3.05) is 26.0 Å². The van der Waals surface area contributed by atoms with E-state index in [4.69, 9.17) is 11.6 Å². The van der Waals surface area contributed by atoms with Gasteiger partial charge in [0.25, 0.3) is 0 Å². The number of para-hydroxylation sites is 1. The lowest BCUT2D eigenvalue weighted by molar-refractivity contribution is -0.125. The highest BCUT2D eigenvalue weighted by Crippen LogP contribution is 2.20. The Morgan fingerprint density at radius 2 is 1.91 bits per heavy atom. The van der Waals surface area contributed by atoms with Crippen LogP contribution in [0.25, 0.3) is 0 Å². The number of amides is 4. The number of rotatable bonds is 5. The summed E-state index contributed by atoms with van der Waals surface area (Å²) in [5.41, 5.74) is 0.505. The predicted octanol–water partition coefficient (Wildman–Crippen LogP) is 1.05. The van der Waals surface area contributed by atoms with E-state index < -0.39 is 18.0 Å². The molecule has 4 amide bonds. The van der Waals surface area contributed by atoms with Gasteiger partial charge in [0.15, 0.2) is 0 Å². The van der Waals surface area contributed by atoms with Gasteiger partial charge in [0.2, 0.25) is 11.8 Å². The van der Waals surface area contributed by atoms with Gasteiger partial charge in [-0.3, -0.25) is 19.8 Å². The molecule has 1 aromatic carbocycles. The molecule has 0 saturated heterocycles. The van der Waals surface area contributed by atoms with Crippen LogP contribution in [0.4, 0.5) is 10.5 Å². The molecule has 0 aliphatic heterocycles. The Labute approximate surface area is 134 Å². The predicted molar refractivity (Wildman–Crippen MR) is 84.8 cm³/mol. The lowest BCUT2D eigenvalue weighted by Crippen LogP contribution is -2.49. The molecule has 0 aromatic heterocycles. The Kier molecular flexibility index (Phi) is 6.81. The maximum atomic E-state index is 12.0. The minimum Gasteiger partial charge on any atom is -0.341 e. The highest BCUT2D eigenvalue weighted by Gasteiger charge is 2.21. The Balaban J connectivity index is 2.55. The van der Waals surface area contributed by atoms with Crippen LogP contribution in [0, 0.1) is 0 Å². The summed E-state index contributed by atoms with van der Waals surface area (Å²) in [6.45, 7) is 1.58. The molecular formula is C14H19ClN4O3. The zero-order valence-electron chi connectivity index (χ0n) is 12.6. The lowest BCUT2D eigenvalue weighted by Gasteiger charge is -2.22. The van der Waals surface area contributed by atoms with Gasteiger partial charge in [0.05, 0.1) is 23.3 Å². The summed E-state index contributed by atoms with van der Waals surface area (Å²) in [6, 6.07) is 5.63. The number of nitrogens with one attached hydrogen (secondary N) is 3. The minimum atomic E-state index is -0.644. The number of urea groups is 1. The van der Waals surface area contributed by atoms with Crippen molar-refractivity contribution in [3.63, 3.8) is 0 Å². The van der Waals surface area contributed by atoms with E-state index in [9.17, 15) is 14.4 Å². The molecule has 0 radical (unpaired) electrons. The van der Waals surface area contributed by atoms with Gasteiger partial charge in [0, 0.05) is 7.05 Å². The van der Waals surface area contributed by atoms with Crippen molar-refractivity contribution in [3.05, 3.63) is 29.3 Å². The van der Waals surface area contributed by atoms with Gasteiger partial charge < -0.3 is 10.6 Å². The molecule has 0 spiro atoms. The number of benzene rings is 1. The van der Waals surface area contributed by atoms with Crippen molar-refractivity contribution in [1.29, 1.82) is 0 Å². The number of hydrogen-bond donors (Lipinski definition) is 3. The summed E-state index contributed by atoms with van der Waals surface area (Å²) in [6.07, 6.45) is 0. The standard InChI is InChI=1S/C14H19ClN4O3/c1-9(13(21)18-14(22)16-2)19(3)8-12(20)17-11-7-5-4-6-10(11)15/h4-7,9H,8H2,1-3H3,(H,17,20)(H2,16,18,21,22). The molecule has 8 heteroatoms. The topological polar surface area (TPSA) is 90.5 Å². The van der Waals surface area contributed by atoms with E-state index in [0.717, 1.165) is 0 Å². The van der Waals surface area contributed by atoms with Gasteiger partial charge in [-0.2, -0.15) is 0 Å². The molecule has 1 unspecified atom stereocenters. The van der Waals surface area contributed by atoms with Crippen LogP contribution in [0.5, 0.6) is 0 Å². The maximum Gasteiger partial charge on any atom is 0.321 e. The van der Waals surface area contributed by atoms with Crippen molar-refractivity contribution < 1.29 is 14.4 Å². The third-order valence-corrected chi connectivity index (χ3v) is 3.37. The normalized spacial score (nSPS) is 11.7. The molecule has 0 fully saturated rings. The molecule has 120 valence electrons. The SMILES string of the molecule is CNC(=O)NC(=O)C(C)N(C)CC(=O)Nc1ccccc1Cl. The summed E-state index contributed by atoms with van der Waals surface area (Å²) < 4.78 is 0. The number of imide groups is 1. The summed E-state index contributed by atoms with van der Waals surface area (Å²) in [7, 11) is 3.02. The molecule has 22 heavy (non-hydrogen) atoms. The number of carbonyl (C=O) groups is 3. The second-order valence-corrected chi connectivity index (χ2v) is 5.09. The molecule has 1 atom stereocenters. The van der Waals surface area contributed by atoms with E-state index in [1.54, 1.807) is 38.2 Å². The number of halogens is 1. The molecule has 1 rings (SSSR count). The molecule has 3 N–H and O–H groups in total. The monoisotopic (exact) mass is 326 g/mol. The van der Waals surface area contributed by atoms with Crippen molar-refractivity contribution in [3.8, 4) is 0 Å². The third kappa shape index (κ3) is 5.34. The van der Waals surface area contributed by atoms with Crippen LogP contribution < -0.4 is 16.0 Å². The lowest BCUT2D eigenvalue weighted by atomic mass is 10.2. The van der Waals surface area contributed by atoms with Crippen LogP contribution in [-0.4, -0.2) is 49.4 Å². The van der Waals surface area contributed by atoms with Crippen LogP contribution in [0.2, 0.25) is 5.02 Å². The molecule has 0 aliphatic carbocycles. The highest BCUT2D eigenvalue weighted by atomic mass is 35.5. The number of nitrogens with zero attached hydrogens (tertiary/aromatic N) is 1. The van der Waals surface area contributed by atoms with Gasteiger partial charge in [-0.25, -0.2) is 4.79 Å². The highest BCUT2D eigenvalue weighted by molar-refractivity contribution is 6.33. The summed E-state index contributed by atoms with van der Waals surface area (Å²) in [4.78, 5) is 36.4. The van der Waals surface area contributed by atoms with Gasteiger partial charge in [0.1, 0.15) is 0 Å². The van der Waals surface area contributed by atoms with E-state index in [-0.39, 0.29) is 12.5 Å². The molecule has 0 saturated carbocycles. The van der Waals surface area contributed by atoms with E-state index >= 15 is 0 Å². The Bertz CT molecular complexity index is 565. The van der Waals surface area contributed by atoms with Crippen molar-refractivity contribution in [2.45, 2.75) is 13.0 Å². The van der Waals surface area contributed by atoms with Gasteiger partial charge in [-0.1, -0.05) is 23.7 Å². The molecule has 0 bridgehead atoms. The van der Waals surface area contributed by atoms with Gasteiger partial charge in [-0.15, -0.1) is 0 Å². The molecule has 0 aliphatic rings. The summed E-state index contributed by atoms with van der Waals surface area (Å²) in [5, 5.41) is 7.54. The fourth-order valence-corrected chi connectivity index (χ4v) is 1.78. The fourth-order valence-electron chi connectivity index (χ4n) is 1.59. The van der Waals surface area contributed by atoms with E-state index in [2.05, 4.69) is 16.0 Å². The Hall–Kier alpha value is -2.12. The average molecular weight is 327 g/mol. The van der Waals surface area contributed by atoms with Crippen LogP contribution in [0.15, 0.2) is 24.3 Å². The second kappa shape index (κ2) is 8.35. The first-order valence-electron chi connectivity index (χ1n) is 6.62. The van der Waals surface area contributed by atoms with E-state index in [1.807, 2.05) is 0 Å². The number of carbonyl (C=O) groups excluding carboxylic acids is 3. The third-order valence-electron chi connectivity index (χ3n) is 3.05. The average Bonchev–Trinajstić information content (AvgIpc) is 2.48. The first-order valence-corrected chi connectivity index (χ1v) is 7.00. The van der Waals surface area contributed by atoms with Crippen LogP contribution >= 0.6 is 11.6 Å². The Morgan fingerprint density at radius 1 is 1.27 bits per heavy atom. The van der Waals surface area contributed by atoms with E-state index in [1.165, 1.54) is 11.9 Å². The first kappa shape index (κ1) is 17.9.